The molecule has 2 aliphatic rings. The molecular formula is C19H24BrNO5S. The van der Waals surface area contributed by atoms with Crippen LogP contribution in [0.15, 0.2) is 28.7 Å². The summed E-state index contributed by atoms with van der Waals surface area (Å²) >= 11 is 3.30. The Hall–Kier alpha value is -1.41. The third-order valence-corrected chi connectivity index (χ3v) is 7.54. The van der Waals surface area contributed by atoms with Crippen LogP contribution in [0.25, 0.3) is 0 Å². The number of carbonyl (C=O) groups excluding carboxylic acids is 2. The van der Waals surface area contributed by atoms with Gasteiger partial charge in [0.15, 0.2) is 16.4 Å². The molecule has 8 heteroatoms. The molecule has 1 unspecified atom stereocenters. The first-order valence-corrected chi connectivity index (χ1v) is 11.9. The number of halogens is 1. The molecular weight excluding hydrogens is 434 g/mol. The number of sulfone groups is 1. The van der Waals surface area contributed by atoms with Crippen molar-refractivity contribution in [1.82, 2.24) is 4.90 Å². The van der Waals surface area contributed by atoms with Gasteiger partial charge in [0.05, 0.1) is 17.1 Å². The van der Waals surface area contributed by atoms with Crippen LogP contribution in [0.5, 0.6) is 0 Å². The van der Waals surface area contributed by atoms with Crippen molar-refractivity contribution in [3.8, 4) is 0 Å². The summed E-state index contributed by atoms with van der Waals surface area (Å²) < 4.78 is 29.9. The summed E-state index contributed by atoms with van der Waals surface area (Å²) in [7, 11) is -3.10. The Morgan fingerprint density at radius 2 is 1.70 bits per heavy atom. The van der Waals surface area contributed by atoms with Crippen molar-refractivity contribution >= 4 is 37.6 Å². The number of nitrogens with zero attached hydrogens (tertiary/aromatic N) is 1. The highest BCUT2D eigenvalue weighted by Gasteiger charge is 2.38. The molecule has 0 radical (unpaired) electrons. The van der Waals surface area contributed by atoms with E-state index in [1.165, 1.54) is 0 Å². The summed E-state index contributed by atoms with van der Waals surface area (Å²) in [6.45, 7) is -0.359. The standard InChI is InChI=1S/C19H24BrNO5S/c20-15-8-6-14(7-9-15)19(23)26-12-18(22)21(16-4-2-1-3-5-16)17-10-11-27(24,25)13-17/h6-9,16-17H,1-5,10-13H2. The number of hydrogen-bond acceptors (Lipinski definition) is 5. The van der Waals surface area contributed by atoms with Crippen molar-refractivity contribution in [2.75, 3.05) is 18.1 Å². The van der Waals surface area contributed by atoms with Gasteiger partial charge in [-0.25, -0.2) is 13.2 Å². The SMILES string of the molecule is O=C(OCC(=O)N(C1CCCCC1)C1CCS(=O)(=O)C1)c1ccc(Br)cc1. The highest BCUT2D eigenvalue weighted by molar-refractivity contribution is 9.10. The maximum absolute atomic E-state index is 12.9. The molecule has 1 aliphatic carbocycles. The molecule has 148 valence electrons. The van der Waals surface area contributed by atoms with Gasteiger partial charge in [-0.1, -0.05) is 35.2 Å². The molecule has 1 aromatic rings. The van der Waals surface area contributed by atoms with Crippen molar-refractivity contribution in [3.05, 3.63) is 34.3 Å². The van der Waals surface area contributed by atoms with Crippen LogP contribution in [0.4, 0.5) is 0 Å². The van der Waals surface area contributed by atoms with E-state index in [9.17, 15) is 18.0 Å². The Morgan fingerprint density at radius 1 is 1.04 bits per heavy atom. The van der Waals surface area contributed by atoms with Gasteiger partial charge in [-0.3, -0.25) is 4.79 Å². The minimum atomic E-state index is -3.10. The van der Waals surface area contributed by atoms with E-state index in [-0.39, 0.29) is 36.1 Å². The van der Waals surface area contributed by atoms with Gasteiger partial charge in [0.1, 0.15) is 0 Å². The van der Waals surface area contributed by atoms with E-state index in [0.29, 0.717) is 12.0 Å². The zero-order valence-corrected chi connectivity index (χ0v) is 17.5. The number of esters is 1. The quantitative estimate of drug-likeness (QED) is 0.634. The van der Waals surface area contributed by atoms with Crippen LogP contribution in [0.2, 0.25) is 0 Å². The van der Waals surface area contributed by atoms with E-state index in [4.69, 9.17) is 4.74 Å². The van der Waals surface area contributed by atoms with Crippen molar-refractivity contribution in [2.24, 2.45) is 0 Å². The Bertz CT molecular complexity index is 787. The van der Waals surface area contributed by atoms with Crippen molar-refractivity contribution < 1.29 is 22.7 Å². The molecule has 27 heavy (non-hydrogen) atoms. The van der Waals surface area contributed by atoms with Gasteiger partial charge in [0.2, 0.25) is 0 Å². The molecule has 1 aliphatic heterocycles. The van der Waals surface area contributed by atoms with Crippen LogP contribution in [-0.4, -0.2) is 55.4 Å². The molecule has 1 atom stereocenters. The van der Waals surface area contributed by atoms with E-state index >= 15 is 0 Å². The average molecular weight is 458 g/mol. The Balaban J connectivity index is 1.67. The monoisotopic (exact) mass is 457 g/mol. The van der Waals surface area contributed by atoms with Crippen LogP contribution in [-0.2, 0) is 19.4 Å². The number of benzene rings is 1. The molecule has 1 amide bonds. The normalized spacial score (nSPS) is 22.3. The highest BCUT2D eigenvalue weighted by Crippen LogP contribution is 2.28. The van der Waals surface area contributed by atoms with E-state index in [1.807, 2.05) is 0 Å². The summed E-state index contributed by atoms with van der Waals surface area (Å²) in [6.07, 6.45) is 5.43. The molecule has 6 nitrogen and oxygen atoms in total. The molecule has 2 fully saturated rings. The summed E-state index contributed by atoms with van der Waals surface area (Å²) in [5.41, 5.74) is 0.374. The van der Waals surface area contributed by atoms with Gasteiger partial charge >= 0.3 is 5.97 Å². The fourth-order valence-corrected chi connectivity index (χ4v) is 5.91. The average Bonchev–Trinajstić information content (AvgIpc) is 3.00. The zero-order chi connectivity index (χ0) is 19.4. The van der Waals surface area contributed by atoms with E-state index in [1.54, 1.807) is 29.2 Å². The number of amides is 1. The second kappa shape index (κ2) is 8.73. The number of rotatable bonds is 5. The number of ether oxygens (including phenoxy) is 1. The van der Waals surface area contributed by atoms with Crippen molar-refractivity contribution in [2.45, 2.75) is 50.6 Å². The Labute approximate surface area is 168 Å². The molecule has 0 spiro atoms. The molecule has 0 bridgehead atoms. The van der Waals surface area contributed by atoms with Crippen LogP contribution in [0.1, 0.15) is 48.9 Å². The van der Waals surface area contributed by atoms with E-state index in [0.717, 1.165) is 36.6 Å². The number of carbonyl (C=O) groups is 2. The van der Waals surface area contributed by atoms with Crippen molar-refractivity contribution in [1.29, 1.82) is 0 Å². The molecule has 1 saturated carbocycles. The fraction of sp³-hybridized carbons (Fsp3) is 0.579. The molecule has 0 N–H and O–H groups in total. The third-order valence-electron chi connectivity index (χ3n) is 5.26. The second-order valence-electron chi connectivity index (χ2n) is 7.23. The topological polar surface area (TPSA) is 80.8 Å². The van der Waals surface area contributed by atoms with E-state index in [2.05, 4.69) is 15.9 Å². The Morgan fingerprint density at radius 3 is 2.30 bits per heavy atom. The molecule has 1 aromatic carbocycles. The minimum Gasteiger partial charge on any atom is -0.452 e. The molecule has 1 saturated heterocycles. The van der Waals surface area contributed by atoms with Crippen molar-refractivity contribution in [3.63, 3.8) is 0 Å². The first-order valence-electron chi connectivity index (χ1n) is 9.30. The third kappa shape index (κ3) is 5.31. The first kappa shape index (κ1) is 20.3. The van der Waals surface area contributed by atoms with Crippen LogP contribution in [0.3, 0.4) is 0 Å². The second-order valence-corrected chi connectivity index (χ2v) is 10.4. The zero-order valence-electron chi connectivity index (χ0n) is 15.1. The minimum absolute atomic E-state index is 0.00982. The van der Waals surface area contributed by atoms with Crippen LogP contribution in [0, 0.1) is 0 Å². The van der Waals surface area contributed by atoms with Gasteiger partial charge in [0, 0.05) is 16.6 Å². The summed E-state index contributed by atoms with van der Waals surface area (Å²) in [5, 5.41) is 0. The molecule has 3 rings (SSSR count). The first-order chi connectivity index (χ1) is 12.9. The lowest BCUT2D eigenvalue weighted by Gasteiger charge is -2.38. The summed E-state index contributed by atoms with van der Waals surface area (Å²) in [5.74, 6) is -0.726. The number of hydrogen-bond donors (Lipinski definition) is 0. The predicted octanol–water partition coefficient (Wildman–Crippen LogP) is 2.95. The van der Waals surface area contributed by atoms with Gasteiger partial charge < -0.3 is 9.64 Å². The van der Waals surface area contributed by atoms with Crippen LogP contribution >= 0.6 is 15.9 Å². The smallest absolute Gasteiger partial charge is 0.338 e. The molecule has 1 heterocycles. The lowest BCUT2D eigenvalue weighted by atomic mass is 9.93. The van der Waals surface area contributed by atoms with E-state index < -0.39 is 15.8 Å². The summed E-state index contributed by atoms with van der Waals surface area (Å²) in [4.78, 5) is 26.8. The van der Waals surface area contributed by atoms with Gasteiger partial charge in [-0.05, 0) is 43.5 Å². The van der Waals surface area contributed by atoms with Gasteiger partial charge in [-0.15, -0.1) is 0 Å². The lowest BCUT2D eigenvalue weighted by molar-refractivity contribution is -0.140. The molecule has 0 aromatic heterocycles. The predicted molar refractivity (Wildman–Crippen MR) is 105 cm³/mol. The van der Waals surface area contributed by atoms with Gasteiger partial charge in [-0.2, -0.15) is 0 Å². The largest absolute Gasteiger partial charge is 0.452 e. The van der Waals surface area contributed by atoms with Gasteiger partial charge in [0.25, 0.3) is 5.91 Å². The maximum atomic E-state index is 12.9. The van der Waals surface area contributed by atoms with Crippen LogP contribution < -0.4 is 0 Å². The maximum Gasteiger partial charge on any atom is 0.338 e. The lowest BCUT2D eigenvalue weighted by Crippen LogP contribution is -2.50. The Kier molecular flexibility index (Phi) is 6.57. The highest BCUT2D eigenvalue weighted by atomic mass is 79.9. The fourth-order valence-electron chi connectivity index (χ4n) is 3.93. The summed E-state index contributed by atoms with van der Waals surface area (Å²) in [6, 6.07) is 6.44.